The summed E-state index contributed by atoms with van der Waals surface area (Å²) in [7, 11) is 0. The van der Waals surface area contributed by atoms with Crippen LogP contribution < -0.4 is 5.32 Å². The summed E-state index contributed by atoms with van der Waals surface area (Å²) in [5, 5.41) is 3.07. The maximum absolute atomic E-state index is 12.5. The predicted octanol–water partition coefficient (Wildman–Crippen LogP) is 0.788. The lowest BCUT2D eigenvalue weighted by Crippen LogP contribution is -2.50. The number of rotatable bonds is 4. The van der Waals surface area contributed by atoms with E-state index >= 15 is 0 Å². The molecule has 25 heavy (non-hydrogen) atoms. The highest BCUT2D eigenvalue weighted by molar-refractivity contribution is 5.93. The van der Waals surface area contributed by atoms with Crippen molar-refractivity contribution in [2.24, 2.45) is 0 Å². The van der Waals surface area contributed by atoms with Crippen molar-refractivity contribution in [3.63, 3.8) is 0 Å². The third kappa shape index (κ3) is 4.28. The molecule has 0 unspecified atom stereocenters. The summed E-state index contributed by atoms with van der Waals surface area (Å²) in [6.45, 7) is 4.23. The van der Waals surface area contributed by atoms with Crippen LogP contribution in [0.2, 0.25) is 0 Å². The number of aromatic nitrogens is 3. The zero-order valence-corrected chi connectivity index (χ0v) is 14.1. The van der Waals surface area contributed by atoms with Crippen LogP contribution in [-0.4, -0.2) is 62.7 Å². The zero-order valence-electron chi connectivity index (χ0n) is 14.1. The zero-order chi connectivity index (χ0) is 17.6. The Morgan fingerprint density at radius 2 is 1.72 bits per heavy atom. The number of amides is 2. The Balaban J connectivity index is 1.55. The van der Waals surface area contributed by atoms with E-state index in [1.54, 1.807) is 22.9 Å². The minimum atomic E-state index is -0.112. The topological polar surface area (TPSA) is 91.3 Å². The number of pyridine rings is 1. The quantitative estimate of drug-likeness (QED) is 0.885. The van der Waals surface area contributed by atoms with Crippen molar-refractivity contribution in [1.82, 2.24) is 24.8 Å². The number of hydrogen-bond donors (Lipinski definition) is 1. The van der Waals surface area contributed by atoms with Gasteiger partial charge < -0.3 is 15.1 Å². The molecule has 1 fully saturated rings. The fraction of sp³-hybridized carbons (Fsp3) is 0.353. The van der Waals surface area contributed by atoms with Gasteiger partial charge in [-0.25, -0.2) is 9.97 Å². The number of nitrogens with one attached hydrogen (secondary N) is 1. The number of piperazine rings is 1. The molecule has 2 aromatic heterocycles. The highest BCUT2D eigenvalue weighted by Gasteiger charge is 2.23. The molecule has 8 heteroatoms. The van der Waals surface area contributed by atoms with Gasteiger partial charge in [-0.3, -0.25) is 14.6 Å². The van der Waals surface area contributed by atoms with Crippen LogP contribution in [0.1, 0.15) is 23.0 Å². The molecule has 3 rings (SSSR count). The molecule has 130 valence electrons. The Morgan fingerprint density at radius 3 is 2.32 bits per heavy atom. The fourth-order valence-electron chi connectivity index (χ4n) is 2.61. The molecule has 0 spiro atoms. The van der Waals surface area contributed by atoms with Crippen LogP contribution in [0.15, 0.2) is 36.8 Å². The molecule has 1 saturated heterocycles. The van der Waals surface area contributed by atoms with Gasteiger partial charge in [-0.15, -0.1) is 0 Å². The van der Waals surface area contributed by atoms with Crippen molar-refractivity contribution in [2.75, 3.05) is 31.5 Å². The normalized spacial score (nSPS) is 14.3. The van der Waals surface area contributed by atoms with E-state index in [4.69, 9.17) is 0 Å². The Morgan fingerprint density at radius 1 is 1.04 bits per heavy atom. The maximum atomic E-state index is 12.5. The molecular weight excluding hydrogens is 320 g/mol. The van der Waals surface area contributed by atoms with Crippen LogP contribution >= 0.6 is 0 Å². The lowest BCUT2D eigenvalue weighted by atomic mass is 10.2. The smallest absolute Gasteiger partial charge is 0.257 e. The lowest BCUT2D eigenvalue weighted by molar-refractivity contribution is -0.130. The lowest BCUT2D eigenvalue weighted by Gasteiger charge is -2.34. The van der Waals surface area contributed by atoms with E-state index < -0.39 is 0 Å². The first kappa shape index (κ1) is 16.8. The van der Waals surface area contributed by atoms with Gasteiger partial charge in [0.2, 0.25) is 11.9 Å². The molecule has 8 nitrogen and oxygen atoms in total. The molecule has 1 aliphatic heterocycles. The second-order valence-corrected chi connectivity index (χ2v) is 5.77. The van der Waals surface area contributed by atoms with Gasteiger partial charge in [0.25, 0.3) is 5.91 Å². The number of hydrogen-bond acceptors (Lipinski definition) is 6. The van der Waals surface area contributed by atoms with Crippen molar-refractivity contribution in [1.29, 1.82) is 0 Å². The minimum Gasteiger partial charge on any atom is -0.349 e. The molecule has 0 aromatic carbocycles. The summed E-state index contributed by atoms with van der Waals surface area (Å²) in [4.78, 5) is 39.9. The van der Waals surface area contributed by atoms with Gasteiger partial charge in [0.05, 0.1) is 17.8 Å². The minimum absolute atomic E-state index is 0.0405. The fourth-order valence-corrected chi connectivity index (χ4v) is 2.61. The van der Waals surface area contributed by atoms with Crippen LogP contribution in [-0.2, 0) is 11.3 Å². The Labute approximate surface area is 145 Å². The third-order valence-corrected chi connectivity index (χ3v) is 4.06. The first-order valence-electron chi connectivity index (χ1n) is 8.14. The van der Waals surface area contributed by atoms with Gasteiger partial charge in [0.1, 0.15) is 0 Å². The largest absolute Gasteiger partial charge is 0.349 e. The van der Waals surface area contributed by atoms with Crippen LogP contribution in [0.3, 0.4) is 0 Å². The van der Waals surface area contributed by atoms with Crippen LogP contribution in [0.5, 0.6) is 0 Å². The number of anilines is 1. The first-order valence-corrected chi connectivity index (χ1v) is 8.14. The van der Waals surface area contributed by atoms with E-state index in [1.165, 1.54) is 12.4 Å². The Kier molecular flexibility index (Phi) is 5.17. The molecular formula is C17H20N6O2. The summed E-state index contributed by atoms with van der Waals surface area (Å²) in [6, 6.07) is 5.68. The van der Waals surface area contributed by atoms with Crippen molar-refractivity contribution in [2.45, 2.75) is 13.5 Å². The van der Waals surface area contributed by atoms with Crippen molar-refractivity contribution < 1.29 is 9.59 Å². The van der Waals surface area contributed by atoms with Crippen molar-refractivity contribution >= 4 is 17.8 Å². The van der Waals surface area contributed by atoms with Gasteiger partial charge >= 0.3 is 0 Å². The molecule has 0 aliphatic carbocycles. The van der Waals surface area contributed by atoms with Gasteiger partial charge in [-0.05, 0) is 12.1 Å². The second kappa shape index (κ2) is 7.69. The number of nitrogens with zero attached hydrogens (tertiary/aromatic N) is 5. The molecule has 3 heterocycles. The summed E-state index contributed by atoms with van der Waals surface area (Å²) >= 11 is 0. The van der Waals surface area contributed by atoms with E-state index in [2.05, 4.69) is 20.3 Å². The van der Waals surface area contributed by atoms with Crippen molar-refractivity contribution in [3.8, 4) is 0 Å². The maximum Gasteiger partial charge on any atom is 0.257 e. The molecule has 0 atom stereocenters. The highest BCUT2D eigenvalue weighted by atomic mass is 16.2. The van der Waals surface area contributed by atoms with Gasteiger partial charge in [-0.2, -0.15) is 0 Å². The molecule has 0 saturated carbocycles. The average molecular weight is 340 g/mol. The van der Waals surface area contributed by atoms with E-state index in [1.807, 2.05) is 18.2 Å². The van der Waals surface area contributed by atoms with Gasteiger partial charge in [0, 0.05) is 51.7 Å². The van der Waals surface area contributed by atoms with Crippen LogP contribution in [0.25, 0.3) is 0 Å². The van der Waals surface area contributed by atoms with Crippen molar-refractivity contribution in [3.05, 3.63) is 48.0 Å². The molecule has 0 bridgehead atoms. The summed E-state index contributed by atoms with van der Waals surface area (Å²) in [6.07, 6.45) is 4.77. The number of carbonyl (C=O) groups is 2. The van der Waals surface area contributed by atoms with Gasteiger partial charge in [-0.1, -0.05) is 6.07 Å². The SMILES string of the molecule is CC(=O)N1CCN(C(=O)c2cnc(NCc3ccccn3)nc2)CC1. The Hall–Kier alpha value is -3.03. The van der Waals surface area contributed by atoms with Crippen LogP contribution in [0, 0.1) is 0 Å². The molecule has 1 aliphatic rings. The van der Waals surface area contributed by atoms with E-state index in [9.17, 15) is 9.59 Å². The average Bonchev–Trinajstić information content (AvgIpc) is 2.67. The standard InChI is InChI=1S/C17H20N6O2/c1-13(24)22-6-8-23(9-7-22)16(25)14-10-19-17(20-11-14)21-12-15-4-2-3-5-18-15/h2-5,10-11H,6-9,12H2,1H3,(H,19,20,21). The summed E-state index contributed by atoms with van der Waals surface area (Å²) in [5.41, 5.74) is 1.33. The van der Waals surface area contributed by atoms with Gasteiger partial charge in [0.15, 0.2) is 0 Å². The highest BCUT2D eigenvalue weighted by Crippen LogP contribution is 2.09. The molecule has 2 amide bonds. The molecule has 2 aromatic rings. The van der Waals surface area contributed by atoms with E-state index in [0.717, 1.165) is 5.69 Å². The summed E-state index contributed by atoms with van der Waals surface area (Å²) in [5.74, 6) is 0.377. The molecule has 1 N–H and O–H groups in total. The predicted molar refractivity (Wildman–Crippen MR) is 91.8 cm³/mol. The number of carbonyl (C=O) groups excluding carboxylic acids is 2. The Bertz CT molecular complexity index is 727. The monoisotopic (exact) mass is 340 g/mol. The third-order valence-electron chi connectivity index (χ3n) is 4.06. The molecule has 0 radical (unpaired) electrons. The first-order chi connectivity index (χ1) is 12.1. The van der Waals surface area contributed by atoms with Crippen LogP contribution in [0.4, 0.5) is 5.95 Å². The van der Waals surface area contributed by atoms with E-state index in [0.29, 0.717) is 44.2 Å². The van der Waals surface area contributed by atoms with E-state index in [-0.39, 0.29) is 11.8 Å². The second-order valence-electron chi connectivity index (χ2n) is 5.77. The summed E-state index contributed by atoms with van der Waals surface area (Å²) < 4.78 is 0.